The lowest BCUT2D eigenvalue weighted by atomic mass is 10.2. The maximum Gasteiger partial charge on any atom is 0.246 e. The van der Waals surface area contributed by atoms with Gasteiger partial charge in [-0.05, 0) is 26.0 Å². The highest BCUT2D eigenvalue weighted by molar-refractivity contribution is 7.89. The molecule has 18 heavy (non-hydrogen) atoms. The molecule has 0 saturated carbocycles. The number of sulfonamides is 1. The number of benzene rings is 1. The van der Waals surface area contributed by atoms with Gasteiger partial charge in [-0.3, -0.25) is 0 Å². The van der Waals surface area contributed by atoms with Gasteiger partial charge in [0.05, 0.1) is 12.7 Å². The first-order valence-corrected chi connectivity index (χ1v) is 7.25. The van der Waals surface area contributed by atoms with Gasteiger partial charge < -0.3 is 4.74 Å². The van der Waals surface area contributed by atoms with Crippen LogP contribution in [0.4, 0.5) is 4.39 Å². The minimum atomic E-state index is -3.80. The summed E-state index contributed by atoms with van der Waals surface area (Å²) in [5.74, 6) is -0.719. The summed E-state index contributed by atoms with van der Waals surface area (Å²) in [7, 11) is -3.80. The number of rotatable bonds is 2. The molecular weight excluding hydrogens is 257 g/mol. The smallest absolute Gasteiger partial charge is 0.246 e. The number of morpholine rings is 1. The summed E-state index contributed by atoms with van der Waals surface area (Å²) in [5, 5.41) is 0. The van der Waals surface area contributed by atoms with Crippen LogP contribution in [0.5, 0.6) is 0 Å². The Morgan fingerprint density at radius 3 is 2.67 bits per heavy atom. The first-order valence-electron chi connectivity index (χ1n) is 5.81. The maximum atomic E-state index is 13.6. The Labute approximate surface area is 106 Å². The van der Waals surface area contributed by atoms with Gasteiger partial charge in [-0.1, -0.05) is 12.1 Å². The van der Waals surface area contributed by atoms with Gasteiger partial charge in [-0.25, -0.2) is 12.8 Å². The van der Waals surface area contributed by atoms with Gasteiger partial charge >= 0.3 is 0 Å². The highest BCUT2D eigenvalue weighted by Gasteiger charge is 2.35. The van der Waals surface area contributed by atoms with Crippen LogP contribution >= 0.6 is 0 Å². The van der Waals surface area contributed by atoms with Gasteiger partial charge in [-0.15, -0.1) is 0 Å². The monoisotopic (exact) mass is 273 g/mol. The zero-order valence-corrected chi connectivity index (χ0v) is 11.2. The van der Waals surface area contributed by atoms with Crippen LogP contribution < -0.4 is 0 Å². The van der Waals surface area contributed by atoms with Crippen LogP contribution in [0, 0.1) is 5.82 Å². The maximum absolute atomic E-state index is 13.6. The average molecular weight is 273 g/mol. The average Bonchev–Trinajstić information content (AvgIpc) is 2.32. The fourth-order valence-electron chi connectivity index (χ4n) is 1.99. The van der Waals surface area contributed by atoms with Crippen LogP contribution in [-0.4, -0.2) is 38.0 Å². The fraction of sp³-hybridized carbons (Fsp3) is 0.500. The molecule has 1 fully saturated rings. The molecule has 1 aliphatic heterocycles. The molecule has 2 unspecified atom stereocenters. The number of ether oxygens (including phenoxy) is 1. The Balaban J connectivity index is 2.39. The van der Waals surface area contributed by atoms with Gasteiger partial charge in [-0.2, -0.15) is 4.31 Å². The molecule has 0 amide bonds. The molecule has 1 aromatic carbocycles. The Bertz CT molecular complexity index is 532. The van der Waals surface area contributed by atoms with Crippen LogP contribution in [0.3, 0.4) is 0 Å². The topological polar surface area (TPSA) is 46.6 Å². The van der Waals surface area contributed by atoms with Crippen molar-refractivity contribution in [3.8, 4) is 0 Å². The third-order valence-corrected chi connectivity index (χ3v) is 4.99. The van der Waals surface area contributed by atoms with Crippen molar-refractivity contribution in [3.05, 3.63) is 30.1 Å². The van der Waals surface area contributed by atoms with Crippen molar-refractivity contribution in [2.75, 3.05) is 13.2 Å². The van der Waals surface area contributed by atoms with Crippen molar-refractivity contribution >= 4 is 10.0 Å². The lowest BCUT2D eigenvalue weighted by Gasteiger charge is -2.35. The highest BCUT2D eigenvalue weighted by Crippen LogP contribution is 2.24. The van der Waals surface area contributed by atoms with Crippen molar-refractivity contribution in [2.24, 2.45) is 0 Å². The Hall–Kier alpha value is -0.980. The van der Waals surface area contributed by atoms with Crippen LogP contribution in [0.15, 0.2) is 29.2 Å². The van der Waals surface area contributed by atoms with Crippen molar-refractivity contribution in [2.45, 2.75) is 30.9 Å². The largest absolute Gasteiger partial charge is 0.375 e. The second-order valence-corrected chi connectivity index (χ2v) is 6.36. The van der Waals surface area contributed by atoms with Crippen molar-refractivity contribution in [1.29, 1.82) is 0 Å². The molecule has 100 valence electrons. The summed E-state index contributed by atoms with van der Waals surface area (Å²) in [4.78, 5) is -0.272. The normalized spacial score (nSPS) is 26.2. The quantitative estimate of drug-likeness (QED) is 0.822. The second kappa shape index (κ2) is 4.95. The second-order valence-electron chi connectivity index (χ2n) is 4.50. The van der Waals surface area contributed by atoms with Gasteiger partial charge in [0, 0.05) is 12.6 Å². The van der Waals surface area contributed by atoms with E-state index in [1.54, 1.807) is 13.8 Å². The predicted molar refractivity (Wildman–Crippen MR) is 65.2 cm³/mol. The van der Waals surface area contributed by atoms with Gasteiger partial charge in [0.25, 0.3) is 0 Å². The minimum absolute atomic E-state index is 0.178. The van der Waals surface area contributed by atoms with Crippen LogP contribution in [0.1, 0.15) is 13.8 Å². The van der Waals surface area contributed by atoms with Crippen molar-refractivity contribution in [1.82, 2.24) is 4.31 Å². The summed E-state index contributed by atoms with van der Waals surface area (Å²) in [6.07, 6.45) is -0.178. The van der Waals surface area contributed by atoms with E-state index in [1.807, 2.05) is 0 Å². The molecule has 2 rings (SSSR count). The molecule has 2 atom stereocenters. The standard InChI is InChI=1S/C12H16FNO3S/c1-9-8-17-10(2)7-14(9)18(15,16)12-6-4-3-5-11(12)13/h3-6,9-10H,7-8H2,1-2H3. The summed E-state index contributed by atoms with van der Waals surface area (Å²) < 4.78 is 45.1. The SMILES string of the molecule is CC1CN(S(=O)(=O)c2ccccc2F)C(C)CO1. The molecule has 1 heterocycles. The van der Waals surface area contributed by atoms with Crippen molar-refractivity contribution < 1.29 is 17.5 Å². The van der Waals surface area contributed by atoms with Crippen molar-refractivity contribution in [3.63, 3.8) is 0 Å². The van der Waals surface area contributed by atoms with Gasteiger partial charge in [0.15, 0.2) is 0 Å². The minimum Gasteiger partial charge on any atom is -0.375 e. The van der Waals surface area contributed by atoms with E-state index in [4.69, 9.17) is 4.74 Å². The van der Waals surface area contributed by atoms with E-state index in [1.165, 1.54) is 22.5 Å². The molecule has 0 N–H and O–H groups in total. The molecule has 0 bridgehead atoms. The fourth-order valence-corrected chi connectivity index (χ4v) is 3.75. The first-order chi connectivity index (χ1) is 8.43. The van der Waals surface area contributed by atoms with E-state index in [0.29, 0.717) is 6.61 Å². The molecule has 1 aliphatic rings. The highest BCUT2D eigenvalue weighted by atomic mass is 32.2. The lowest BCUT2D eigenvalue weighted by Crippen LogP contribution is -2.50. The molecule has 1 aromatic rings. The molecule has 0 spiro atoms. The van der Waals surface area contributed by atoms with Gasteiger partial charge in [0.2, 0.25) is 10.0 Å². The van der Waals surface area contributed by atoms with Crippen LogP contribution in [0.2, 0.25) is 0 Å². The third kappa shape index (κ3) is 2.41. The molecule has 1 saturated heterocycles. The summed E-state index contributed by atoms with van der Waals surface area (Å²) in [5.41, 5.74) is 0. The molecular formula is C12H16FNO3S. The van der Waals surface area contributed by atoms with Crippen LogP contribution in [0.25, 0.3) is 0 Å². The Kier molecular flexibility index (Phi) is 3.70. The third-order valence-electron chi connectivity index (χ3n) is 2.97. The Morgan fingerprint density at radius 1 is 1.33 bits per heavy atom. The van der Waals surface area contributed by atoms with E-state index < -0.39 is 15.8 Å². The number of nitrogens with zero attached hydrogens (tertiary/aromatic N) is 1. The molecule has 6 heteroatoms. The summed E-state index contributed by atoms with van der Waals surface area (Å²) in [6, 6.07) is 5.15. The van der Waals surface area contributed by atoms with E-state index in [2.05, 4.69) is 0 Å². The van der Waals surface area contributed by atoms with E-state index in [-0.39, 0.29) is 23.6 Å². The number of halogens is 1. The molecule has 4 nitrogen and oxygen atoms in total. The Morgan fingerprint density at radius 2 is 2.00 bits per heavy atom. The predicted octanol–water partition coefficient (Wildman–Crippen LogP) is 1.62. The first kappa shape index (κ1) is 13.5. The van der Waals surface area contributed by atoms with Crippen LogP contribution in [-0.2, 0) is 14.8 Å². The molecule has 0 aliphatic carbocycles. The van der Waals surface area contributed by atoms with Gasteiger partial charge in [0.1, 0.15) is 10.7 Å². The van der Waals surface area contributed by atoms with E-state index in [9.17, 15) is 12.8 Å². The lowest BCUT2D eigenvalue weighted by molar-refractivity contribution is -0.0171. The number of hydrogen-bond acceptors (Lipinski definition) is 3. The summed E-state index contributed by atoms with van der Waals surface area (Å²) >= 11 is 0. The molecule has 0 radical (unpaired) electrons. The van der Waals surface area contributed by atoms with E-state index in [0.717, 1.165) is 6.07 Å². The molecule has 0 aromatic heterocycles. The summed E-state index contributed by atoms with van der Waals surface area (Å²) in [6.45, 7) is 4.13. The zero-order chi connectivity index (χ0) is 13.3. The number of hydrogen-bond donors (Lipinski definition) is 0. The van der Waals surface area contributed by atoms with E-state index >= 15 is 0 Å². The zero-order valence-electron chi connectivity index (χ0n) is 10.3.